The molecule has 0 aliphatic carbocycles. The summed E-state index contributed by atoms with van der Waals surface area (Å²) in [4.78, 5) is 2.10. The summed E-state index contributed by atoms with van der Waals surface area (Å²) < 4.78 is 31.2. The highest BCUT2D eigenvalue weighted by atomic mass is 16.7. The Kier molecular flexibility index (Phi) is 14.0. The maximum atomic E-state index is 5.38. The van der Waals surface area contributed by atoms with Crippen molar-refractivity contribution in [1.29, 1.82) is 0 Å². The molecule has 130 valence electrons. The minimum absolute atomic E-state index is 0.0547. The number of nitrogens with zero attached hydrogens (tertiary/aromatic N) is 1. The molecule has 7 heteroatoms. The van der Waals surface area contributed by atoms with Crippen LogP contribution < -0.4 is 0 Å². The molecule has 0 heterocycles. The Morgan fingerprint density at radius 3 is 1.59 bits per heavy atom. The van der Waals surface area contributed by atoms with Gasteiger partial charge in [-0.05, 0) is 7.05 Å². The van der Waals surface area contributed by atoms with E-state index in [2.05, 4.69) is 18.1 Å². The molecule has 7 nitrogen and oxygen atoms in total. The summed E-state index contributed by atoms with van der Waals surface area (Å²) in [6.45, 7) is 9.51. The first-order valence-electron chi connectivity index (χ1n) is 7.02. The maximum absolute atomic E-state index is 5.38. The molecule has 0 saturated carbocycles. The van der Waals surface area contributed by atoms with Crippen LogP contribution in [0.1, 0.15) is 0 Å². The van der Waals surface area contributed by atoms with E-state index in [9.17, 15) is 0 Å². The SMILES string of the molecule is C=COCOCC(CN(C)CC(COCOC=C)OC)OC. The summed E-state index contributed by atoms with van der Waals surface area (Å²) in [7, 11) is 5.29. The van der Waals surface area contributed by atoms with Crippen LogP contribution in [-0.4, -0.2) is 78.3 Å². The second-order valence-electron chi connectivity index (χ2n) is 4.58. The molecule has 0 bridgehead atoms. The molecule has 0 spiro atoms. The van der Waals surface area contributed by atoms with Crippen molar-refractivity contribution in [2.75, 3.05) is 61.2 Å². The summed E-state index contributed by atoms with van der Waals surface area (Å²) >= 11 is 0. The first-order valence-corrected chi connectivity index (χ1v) is 7.02. The lowest BCUT2D eigenvalue weighted by Crippen LogP contribution is -2.40. The topological polar surface area (TPSA) is 58.6 Å². The Hall–Kier alpha value is -1.12. The summed E-state index contributed by atoms with van der Waals surface area (Å²) in [5.74, 6) is 0. The Labute approximate surface area is 133 Å². The fraction of sp³-hybridized carbons (Fsp3) is 0.733. The normalized spacial score (nSPS) is 13.6. The van der Waals surface area contributed by atoms with Gasteiger partial charge in [-0.15, -0.1) is 0 Å². The van der Waals surface area contributed by atoms with Crippen molar-refractivity contribution in [2.24, 2.45) is 0 Å². The quantitative estimate of drug-likeness (QED) is 0.241. The highest BCUT2D eigenvalue weighted by molar-refractivity contribution is 4.67. The molecule has 2 atom stereocenters. The molecule has 0 saturated heterocycles. The minimum atomic E-state index is -0.0547. The van der Waals surface area contributed by atoms with Gasteiger partial charge in [0.25, 0.3) is 0 Å². The van der Waals surface area contributed by atoms with Crippen LogP contribution in [0.4, 0.5) is 0 Å². The zero-order valence-electron chi connectivity index (χ0n) is 13.9. The second kappa shape index (κ2) is 14.8. The molecule has 0 aliphatic heterocycles. The predicted molar refractivity (Wildman–Crippen MR) is 83.3 cm³/mol. The Morgan fingerprint density at radius 1 is 0.864 bits per heavy atom. The third kappa shape index (κ3) is 11.5. The van der Waals surface area contributed by atoms with E-state index < -0.39 is 0 Å². The van der Waals surface area contributed by atoms with Gasteiger partial charge >= 0.3 is 0 Å². The van der Waals surface area contributed by atoms with Gasteiger partial charge in [-0.1, -0.05) is 13.2 Å². The van der Waals surface area contributed by atoms with Crippen LogP contribution in [0.3, 0.4) is 0 Å². The summed E-state index contributed by atoms with van der Waals surface area (Å²) in [5, 5.41) is 0. The van der Waals surface area contributed by atoms with Gasteiger partial charge in [0.15, 0.2) is 13.6 Å². The standard InChI is InChI=1S/C15H29NO6/c1-6-19-12-21-10-14(17-4)8-16(3)9-15(18-5)11-22-13-20-7-2/h6-7,14-15H,1-2,8-13H2,3-5H3. The average Bonchev–Trinajstić information content (AvgIpc) is 2.53. The number of hydrogen-bond acceptors (Lipinski definition) is 7. The third-order valence-electron chi connectivity index (χ3n) is 2.84. The maximum Gasteiger partial charge on any atom is 0.188 e. The summed E-state index contributed by atoms with van der Waals surface area (Å²) in [6, 6.07) is 0. The zero-order valence-corrected chi connectivity index (χ0v) is 13.9. The van der Waals surface area contributed by atoms with Crippen molar-refractivity contribution in [2.45, 2.75) is 12.2 Å². The smallest absolute Gasteiger partial charge is 0.188 e. The van der Waals surface area contributed by atoms with E-state index in [1.165, 1.54) is 12.5 Å². The number of methoxy groups -OCH3 is 2. The van der Waals surface area contributed by atoms with E-state index in [1.54, 1.807) is 14.2 Å². The number of rotatable bonds is 16. The van der Waals surface area contributed by atoms with Crippen LogP contribution in [0.2, 0.25) is 0 Å². The third-order valence-corrected chi connectivity index (χ3v) is 2.84. The highest BCUT2D eigenvalue weighted by Crippen LogP contribution is 2.00. The molecule has 0 N–H and O–H groups in total. The highest BCUT2D eigenvalue weighted by Gasteiger charge is 2.16. The number of ether oxygens (including phenoxy) is 6. The van der Waals surface area contributed by atoms with Gasteiger partial charge in [-0.3, -0.25) is 0 Å². The van der Waals surface area contributed by atoms with Gasteiger partial charge in [-0.25, -0.2) is 0 Å². The van der Waals surface area contributed by atoms with Crippen molar-refractivity contribution in [3.8, 4) is 0 Å². The number of hydrogen-bond donors (Lipinski definition) is 0. The first-order chi connectivity index (χ1) is 10.7. The molecular formula is C15H29NO6. The molecule has 0 rings (SSSR count). The lowest BCUT2D eigenvalue weighted by atomic mass is 10.3. The fourth-order valence-electron chi connectivity index (χ4n) is 1.71. The molecule has 0 fully saturated rings. The lowest BCUT2D eigenvalue weighted by Gasteiger charge is -2.26. The van der Waals surface area contributed by atoms with Crippen LogP contribution in [0, 0.1) is 0 Å². The molecule has 0 aromatic rings. The Morgan fingerprint density at radius 2 is 1.27 bits per heavy atom. The van der Waals surface area contributed by atoms with E-state index in [-0.39, 0.29) is 25.8 Å². The molecular weight excluding hydrogens is 290 g/mol. The van der Waals surface area contributed by atoms with Gasteiger partial charge in [0, 0.05) is 27.3 Å². The Bertz CT molecular complexity index is 251. The van der Waals surface area contributed by atoms with Crippen molar-refractivity contribution >= 4 is 0 Å². The van der Waals surface area contributed by atoms with Crippen LogP contribution in [0.5, 0.6) is 0 Å². The van der Waals surface area contributed by atoms with Crippen molar-refractivity contribution in [1.82, 2.24) is 4.90 Å². The first kappa shape index (κ1) is 20.9. The molecule has 0 aliphatic rings. The van der Waals surface area contributed by atoms with Crippen LogP contribution >= 0.6 is 0 Å². The van der Waals surface area contributed by atoms with Gasteiger partial charge in [-0.2, -0.15) is 0 Å². The summed E-state index contributed by atoms with van der Waals surface area (Å²) in [6.07, 6.45) is 2.57. The second-order valence-corrected chi connectivity index (χ2v) is 4.58. The largest absolute Gasteiger partial charge is 0.476 e. The van der Waals surface area contributed by atoms with E-state index in [0.717, 1.165) is 0 Å². The van der Waals surface area contributed by atoms with Crippen molar-refractivity contribution < 1.29 is 28.4 Å². The van der Waals surface area contributed by atoms with E-state index >= 15 is 0 Å². The monoisotopic (exact) mass is 319 g/mol. The molecule has 22 heavy (non-hydrogen) atoms. The van der Waals surface area contributed by atoms with Gasteiger partial charge in [0.2, 0.25) is 0 Å². The van der Waals surface area contributed by atoms with E-state index in [4.69, 9.17) is 28.4 Å². The molecule has 0 aromatic carbocycles. The van der Waals surface area contributed by atoms with Gasteiger partial charge in [0.05, 0.1) is 37.9 Å². The van der Waals surface area contributed by atoms with Gasteiger partial charge < -0.3 is 33.3 Å². The van der Waals surface area contributed by atoms with E-state index in [1.807, 2.05) is 7.05 Å². The molecule has 0 radical (unpaired) electrons. The van der Waals surface area contributed by atoms with E-state index in [0.29, 0.717) is 26.3 Å². The fourth-order valence-corrected chi connectivity index (χ4v) is 1.71. The van der Waals surface area contributed by atoms with Crippen LogP contribution in [0.15, 0.2) is 25.7 Å². The van der Waals surface area contributed by atoms with Crippen LogP contribution in [-0.2, 0) is 28.4 Å². The predicted octanol–water partition coefficient (Wildman–Crippen LogP) is 1.22. The average molecular weight is 319 g/mol. The molecule has 2 unspecified atom stereocenters. The Balaban J connectivity index is 3.94. The zero-order chi connectivity index (χ0) is 16.6. The summed E-state index contributed by atoms with van der Waals surface area (Å²) in [5.41, 5.74) is 0. The van der Waals surface area contributed by atoms with Crippen molar-refractivity contribution in [3.05, 3.63) is 25.7 Å². The molecule has 0 amide bonds. The minimum Gasteiger partial charge on any atom is -0.476 e. The molecule has 0 aromatic heterocycles. The number of likely N-dealkylation sites (N-methyl/N-ethyl adjacent to an activating group) is 1. The lowest BCUT2D eigenvalue weighted by molar-refractivity contribution is -0.0771. The van der Waals surface area contributed by atoms with Crippen LogP contribution in [0.25, 0.3) is 0 Å². The van der Waals surface area contributed by atoms with Crippen molar-refractivity contribution in [3.63, 3.8) is 0 Å². The van der Waals surface area contributed by atoms with Gasteiger partial charge in [0.1, 0.15) is 0 Å².